The van der Waals surface area contributed by atoms with Crippen molar-refractivity contribution in [2.75, 3.05) is 19.3 Å². The van der Waals surface area contributed by atoms with Crippen LogP contribution in [-0.2, 0) is 14.9 Å². The molecule has 0 aliphatic carbocycles. The average Bonchev–Trinajstić information content (AvgIpc) is 2.46. The number of hydrogen-bond donors (Lipinski definition) is 2. The number of alkyl halides is 3. The molecule has 0 spiro atoms. The van der Waals surface area contributed by atoms with Crippen LogP contribution in [0.3, 0.4) is 0 Å². The molecule has 0 bridgehead atoms. The van der Waals surface area contributed by atoms with Crippen molar-refractivity contribution in [1.82, 2.24) is 5.32 Å². The third-order valence-electron chi connectivity index (χ3n) is 2.73. The van der Waals surface area contributed by atoms with Gasteiger partial charge in [-0.3, -0.25) is 4.55 Å². The van der Waals surface area contributed by atoms with Gasteiger partial charge < -0.3 is 10.1 Å². The van der Waals surface area contributed by atoms with Crippen molar-refractivity contribution in [2.24, 2.45) is 0 Å². The van der Waals surface area contributed by atoms with E-state index in [-0.39, 0.29) is 17.4 Å². The van der Waals surface area contributed by atoms with E-state index < -0.39 is 15.6 Å². The van der Waals surface area contributed by atoms with Crippen LogP contribution in [0.2, 0.25) is 0 Å². The molecular weight excluding hydrogens is 362 g/mol. The van der Waals surface area contributed by atoms with Crippen molar-refractivity contribution in [3.8, 4) is 0 Å². The molecule has 1 aromatic rings. The third kappa shape index (κ3) is 6.63. The molecule has 1 aromatic carbocycles. The minimum Gasteiger partial charge on any atom is -0.357 e. The van der Waals surface area contributed by atoms with E-state index in [1.165, 1.54) is 12.1 Å². The summed E-state index contributed by atoms with van der Waals surface area (Å²) in [7, 11) is -5.84. The van der Waals surface area contributed by atoms with Gasteiger partial charge in [-0.2, -0.15) is 21.6 Å². The summed E-state index contributed by atoms with van der Waals surface area (Å²) in [5.41, 5.74) is -4.47. The maximum absolute atomic E-state index is 13.0. The fraction of sp³-hybridized carbons (Fsp3) is 0.500. The molecule has 0 aromatic heterocycles. The molecule has 1 aliphatic rings. The van der Waals surface area contributed by atoms with Crippen LogP contribution in [0.5, 0.6) is 0 Å². The van der Waals surface area contributed by atoms with Crippen LogP contribution >= 0.6 is 11.8 Å². The Morgan fingerprint density at radius 3 is 2.43 bits per heavy atom. The molecule has 1 fully saturated rings. The summed E-state index contributed by atoms with van der Waals surface area (Å²) in [6, 6.07) is 6.61. The van der Waals surface area contributed by atoms with Gasteiger partial charge in [0.2, 0.25) is 0 Å². The SMILES string of the molecule is CS[C@@H]1CNCC(c2cccc(F)c2)O1.O=S(=O)(O)C(F)(F)F. The van der Waals surface area contributed by atoms with Crippen molar-refractivity contribution >= 4 is 21.9 Å². The van der Waals surface area contributed by atoms with Gasteiger partial charge in [-0.1, -0.05) is 12.1 Å². The van der Waals surface area contributed by atoms with Crippen LogP contribution in [0.1, 0.15) is 11.7 Å². The summed E-state index contributed by atoms with van der Waals surface area (Å²) in [5, 5.41) is 3.29. The maximum Gasteiger partial charge on any atom is 0.522 e. The molecule has 1 heterocycles. The number of nitrogens with one attached hydrogen (secondary N) is 1. The Hall–Kier alpha value is -0.880. The quantitative estimate of drug-likeness (QED) is 0.469. The lowest BCUT2D eigenvalue weighted by Gasteiger charge is -2.30. The molecule has 132 valence electrons. The van der Waals surface area contributed by atoms with Crippen LogP contribution in [0, 0.1) is 5.82 Å². The highest BCUT2D eigenvalue weighted by Gasteiger charge is 2.44. The summed E-state index contributed by atoms with van der Waals surface area (Å²) in [6.07, 6.45) is 1.98. The van der Waals surface area contributed by atoms with Gasteiger partial charge in [0.15, 0.2) is 0 Å². The average molecular weight is 377 g/mol. The topological polar surface area (TPSA) is 75.6 Å². The zero-order valence-electron chi connectivity index (χ0n) is 11.9. The van der Waals surface area contributed by atoms with E-state index in [1.54, 1.807) is 17.8 Å². The predicted octanol–water partition coefficient (Wildman–Crippen LogP) is 2.57. The first-order chi connectivity index (χ1) is 10.5. The van der Waals surface area contributed by atoms with Gasteiger partial charge in [0, 0.05) is 13.1 Å². The number of rotatable bonds is 2. The molecule has 1 unspecified atom stereocenters. The summed E-state index contributed by atoms with van der Waals surface area (Å²) in [4.78, 5) is 0. The number of halogens is 4. The highest BCUT2D eigenvalue weighted by atomic mass is 32.2. The monoisotopic (exact) mass is 377 g/mol. The molecule has 2 N–H and O–H groups in total. The summed E-state index contributed by atoms with van der Waals surface area (Å²) < 4.78 is 76.4. The van der Waals surface area contributed by atoms with E-state index in [1.807, 2.05) is 12.3 Å². The molecule has 2 atom stereocenters. The van der Waals surface area contributed by atoms with E-state index in [0.29, 0.717) is 0 Å². The van der Waals surface area contributed by atoms with Gasteiger partial charge >= 0.3 is 15.6 Å². The van der Waals surface area contributed by atoms with E-state index in [4.69, 9.17) is 17.7 Å². The highest BCUT2D eigenvalue weighted by molar-refractivity contribution is 7.99. The van der Waals surface area contributed by atoms with Gasteiger partial charge in [-0.05, 0) is 24.0 Å². The number of hydrogen-bond acceptors (Lipinski definition) is 5. The van der Waals surface area contributed by atoms with Crippen LogP contribution in [0.15, 0.2) is 24.3 Å². The normalized spacial score (nSPS) is 22.2. The Labute approximate surface area is 135 Å². The van der Waals surface area contributed by atoms with Crippen molar-refractivity contribution in [1.29, 1.82) is 0 Å². The first-order valence-electron chi connectivity index (χ1n) is 6.22. The van der Waals surface area contributed by atoms with Gasteiger partial charge in [-0.15, -0.1) is 11.8 Å². The number of ether oxygens (including phenoxy) is 1. The molecule has 0 saturated carbocycles. The fourth-order valence-corrected chi connectivity index (χ4v) is 2.18. The van der Waals surface area contributed by atoms with Gasteiger partial charge in [0.05, 0.1) is 6.10 Å². The summed E-state index contributed by atoms with van der Waals surface area (Å²) in [5.74, 6) is -0.206. The van der Waals surface area contributed by atoms with Crippen molar-refractivity contribution in [2.45, 2.75) is 17.0 Å². The molecular formula is C12H15F4NO4S2. The van der Waals surface area contributed by atoms with Crippen LogP contribution in [0.4, 0.5) is 17.6 Å². The molecule has 5 nitrogen and oxygen atoms in total. The minimum atomic E-state index is -5.84. The maximum atomic E-state index is 13.0. The minimum absolute atomic E-state index is 0.0353. The van der Waals surface area contributed by atoms with Crippen LogP contribution < -0.4 is 5.32 Å². The molecule has 23 heavy (non-hydrogen) atoms. The zero-order chi connectivity index (χ0) is 17.7. The lowest BCUT2D eigenvalue weighted by atomic mass is 10.1. The molecule has 2 rings (SSSR count). The molecule has 0 radical (unpaired) electrons. The molecule has 11 heteroatoms. The summed E-state index contributed by atoms with van der Waals surface area (Å²) >= 11 is 1.67. The predicted molar refractivity (Wildman–Crippen MR) is 78.0 cm³/mol. The number of benzene rings is 1. The second-order valence-corrected chi connectivity index (χ2v) is 6.83. The standard InChI is InChI=1S/C11H14FNOS.CHF3O3S/c1-15-11-7-13-6-10(14-11)8-3-2-4-9(12)5-8;2-1(3,4)8(5,6)7/h2-5,10-11,13H,6-7H2,1H3;(H,5,6,7)/t10?,11-;/m1./s1. The second kappa shape index (κ2) is 8.29. The Morgan fingerprint density at radius 2 is 1.96 bits per heavy atom. The highest BCUT2D eigenvalue weighted by Crippen LogP contribution is 2.25. The van der Waals surface area contributed by atoms with Gasteiger partial charge in [0.25, 0.3) is 0 Å². The van der Waals surface area contributed by atoms with Gasteiger partial charge in [0.1, 0.15) is 11.3 Å². The second-order valence-electron chi connectivity index (χ2n) is 4.42. The Bertz CT molecular complexity index is 609. The van der Waals surface area contributed by atoms with E-state index in [2.05, 4.69) is 5.32 Å². The summed E-state index contributed by atoms with van der Waals surface area (Å²) in [6.45, 7) is 1.60. The fourth-order valence-electron chi connectivity index (χ4n) is 1.65. The van der Waals surface area contributed by atoms with E-state index in [9.17, 15) is 17.6 Å². The smallest absolute Gasteiger partial charge is 0.357 e. The van der Waals surface area contributed by atoms with E-state index in [0.717, 1.165) is 18.7 Å². The lowest BCUT2D eigenvalue weighted by Crippen LogP contribution is -2.38. The molecule has 1 saturated heterocycles. The van der Waals surface area contributed by atoms with Crippen molar-refractivity contribution in [3.05, 3.63) is 35.6 Å². The number of morpholine rings is 1. The van der Waals surface area contributed by atoms with Crippen LogP contribution in [0.25, 0.3) is 0 Å². The molecule has 0 amide bonds. The Balaban J connectivity index is 0.000000284. The zero-order valence-corrected chi connectivity index (χ0v) is 13.5. The van der Waals surface area contributed by atoms with Gasteiger partial charge in [-0.25, -0.2) is 4.39 Å². The first-order valence-corrected chi connectivity index (χ1v) is 8.95. The van der Waals surface area contributed by atoms with Crippen molar-refractivity contribution in [3.63, 3.8) is 0 Å². The van der Waals surface area contributed by atoms with Crippen molar-refractivity contribution < 1.29 is 35.3 Å². The third-order valence-corrected chi connectivity index (χ3v) is 4.12. The van der Waals surface area contributed by atoms with E-state index >= 15 is 0 Å². The van der Waals surface area contributed by atoms with Crippen LogP contribution in [-0.4, -0.2) is 43.3 Å². The largest absolute Gasteiger partial charge is 0.522 e. The number of thioether (sulfide) groups is 1. The Morgan fingerprint density at radius 1 is 1.35 bits per heavy atom. The lowest BCUT2D eigenvalue weighted by molar-refractivity contribution is -0.0510. The Kier molecular flexibility index (Phi) is 7.27. The molecule has 1 aliphatic heterocycles. The first kappa shape index (κ1) is 20.2.